The van der Waals surface area contributed by atoms with Crippen LogP contribution in [0.3, 0.4) is 0 Å². The van der Waals surface area contributed by atoms with E-state index < -0.39 is 0 Å². The van der Waals surface area contributed by atoms with Crippen LogP contribution >= 0.6 is 23.4 Å². The highest BCUT2D eigenvalue weighted by atomic mass is 35.5. The third-order valence-electron chi connectivity index (χ3n) is 3.61. The summed E-state index contributed by atoms with van der Waals surface area (Å²) >= 11 is 8.09. The topological polar surface area (TPSA) is 41.6 Å². The molecule has 0 spiro atoms. The standard InChI is InChI=1S/C13H16ClN3S/c14-10-2-1-3-11(6-10)17-12(7-16-13(17)15)9-4-5-18-8-9/h1-3,6,9,12H,4-5,7-8H2,(H2,15,16). The average Bonchev–Trinajstić information content (AvgIpc) is 2.97. The Morgan fingerprint density at radius 2 is 2.33 bits per heavy atom. The maximum atomic E-state index is 6.07. The summed E-state index contributed by atoms with van der Waals surface area (Å²) in [6.45, 7) is 0.809. The van der Waals surface area contributed by atoms with Gasteiger partial charge in [-0.3, -0.25) is 4.99 Å². The molecule has 0 aliphatic carbocycles. The van der Waals surface area contributed by atoms with E-state index in [0.717, 1.165) is 17.3 Å². The molecule has 18 heavy (non-hydrogen) atoms. The molecule has 5 heteroatoms. The smallest absolute Gasteiger partial charge is 0.196 e. The van der Waals surface area contributed by atoms with Gasteiger partial charge < -0.3 is 10.6 Å². The van der Waals surface area contributed by atoms with Crippen molar-refractivity contribution in [2.45, 2.75) is 12.5 Å². The van der Waals surface area contributed by atoms with Gasteiger partial charge in [0, 0.05) is 10.7 Å². The minimum Gasteiger partial charge on any atom is -0.370 e. The highest BCUT2D eigenvalue weighted by Crippen LogP contribution is 2.34. The molecule has 2 heterocycles. The molecule has 2 unspecified atom stereocenters. The Morgan fingerprint density at radius 3 is 3.06 bits per heavy atom. The second-order valence-corrected chi connectivity index (χ2v) is 6.33. The van der Waals surface area contributed by atoms with Crippen LogP contribution in [0, 0.1) is 5.92 Å². The van der Waals surface area contributed by atoms with Crippen LogP contribution in [0.2, 0.25) is 5.02 Å². The molecule has 0 radical (unpaired) electrons. The number of rotatable bonds is 2. The molecule has 0 aromatic heterocycles. The molecule has 96 valence electrons. The average molecular weight is 282 g/mol. The predicted octanol–water partition coefficient (Wildman–Crippen LogP) is 2.60. The first-order valence-corrected chi connectivity index (χ1v) is 7.71. The Bertz CT molecular complexity index is 471. The van der Waals surface area contributed by atoms with E-state index >= 15 is 0 Å². The number of anilines is 1. The maximum absolute atomic E-state index is 6.07. The lowest BCUT2D eigenvalue weighted by Crippen LogP contribution is -2.45. The number of benzene rings is 1. The van der Waals surface area contributed by atoms with Crippen molar-refractivity contribution >= 4 is 35.0 Å². The van der Waals surface area contributed by atoms with Gasteiger partial charge in [-0.25, -0.2) is 0 Å². The summed E-state index contributed by atoms with van der Waals surface area (Å²) in [4.78, 5) is 6.57. The molecule has 2 atom stereocenters. The number of nitrogens with zero attached hydrogens (tertiary/aromatic N) is 2. The molecule has 0 saturated carbocycles. The van der Waals surface area contributed by atoms with Gasteiger partial charge in [-0.2, -0.15) is 11.8 Å². The molecule has 2 N–H and O–H groups in total. The Kier molecular flexibility index (Phi) is 3.39. The largest absolute Gasteiger partial charge is 0.370 e. The van der Waals surface area contributed by atoms with E-state index in [1.807, 2.05) is 30.0 Å². The van der Waals surface area contributed by atoms with Crippen LogP contribution in [0.1, 0.15) is 6.42 Å². The maximum Gasteiger partial charge on any atom is 0.196 e. The number of thioether (sulfide) groups is 1. The highest BCUT2D eigenvalue weighted by Gasteiger charge is 2.35. The lowest BCUT2D eigenvalue weighted by molar-refractivity contribution is 0.486. The van der Waals surface area contributed by atoms with Gasteiger partial charge in [-0.05, 0) is 42.0 Å². The Balaban J connectivity index is 1.89. The molecule has 1 aromatic carbocycles. The first-order chi connectivity index (χ1) is 8.75. The zero-order chi connectivity index (χ0) is 12.5. The number of hydrogen-bond donors (Lipinski definition) is 1. The van der Waals surface area contributed by atoms with E-state index in [0.29, 0.717) is 17.9 Å². The molecular formula is C13H16ClN3S. The minimum absolute atomic E-state index is 0.401. The number of aliphatic imine (C=N–C) groups is 1. The zero-order valence-corrected chi connectivity index (χ0v) is 11.6. The molecule has 1 saturated heterocycles. The van der Waals surface area contributed by atoms with Crippen LogP contribution < -0.4 is 10.6 Å². The van der Waals surface area contributed by atoms with E-state index in [1.165, 1.54) is 17.9 Å². The van der Waals surface area contributed by atoms with Crippen LogP contribution in [0.15, 0.2) is 29.3 Å². The van der Waals surface area contributed by atoms with Gasteiger partial charge in [0.2, 0.25) is 0 Å². The van der Waals surface area contributed by atoms with Gasteiger partial charge in [-0.15, -0.1) is 0 Å². The van der Waals surface area contributed by atoms with Gasteiger partial charge in [-0.1, -0.05) is 17.7 Å². The first-order valence-electron chi connectivity index (χ1n) is 6.18. The van der Waals surface area contributed by atoms with Crippen molar-refractivity contribution in [3.05, 3.63) is 29.3 Å². The number of hydrogen-bond acceptors (Lipinski definition) is 4. The normalized spacial score (nSPS) is 27.6. The van der Waals surface area contributed by atoms with Crippen molar-refractivity contribution in [3.63, 3.8) is 0 Å². The number of guanidine groups is 1. The van der Waals surface area contributed by atoms with Crippen molar-refractivity contribution in [2.24, 2.45) is 16.6 Å². The van der Waals surface area contributed by atoms with Crippen molar-refractivity contribution in [3.8, 4) is 0 Å². The van der Waals surface area contributed by atoms with Crippen molar-refractivity contribution < 1.29 is 0 Å². The van der Waals surface area contributed by atoms with E-state index in [4.69, 9.17) is 17.3 Å². The van der Waals surface area contributed by atoms with Gasteiger partial charge >= 0.3 is 0 Å². The summed E-state index contributed by atoms with van der Waals surface area (Å²) in [5.74, 6) is 3.77. The van der Waals surface area contributed by atoms with Crippen molar-refractivity contribution in [1.82, 2.24) is 0 Å². The third-order valence-corrected chi connectivity index (χ3v) is 5.04. The highest BCUT2D eigenvalue weighted by molar-refractivity contribution is 7.99. The molecule has 0 bridgehead atoms. The summed E-state index contributed by atoms with van der Waals surface area (Å²) in [6.07, 6.45) is 1.26. The van der Waals surface area contributed by atoms with E-state index in [1.54, 1.807) is 0 Å². The molecule has 0 amide bonds. The molecular weight excluding hydrogens is 266 g/mol. The summed E-state index contributed by atoms with van der Waals surface area (Å²) in [5.41, 5.74) is 7.10. The molecule has 1 fully saturated rings. The summed E-state index contributed by atoms with van der Waals surface area (Å²) in [5, 5.41) is 0.742. The second kappa shape index (κ2) is 5.02. The Morgan fingerprint density at radius 1 is 1.44 bits per heavy atom. The lowest BCUT2D eigenvalue weighted by Gasteiger charge is -2.30. The lowest BCUT2D eigenvalue weighted by atomic mass is 9.98. The third kappa shape index (κ3) is 2.19. The van der Waals surface area contributed by atoms with E-state index in [-0.39, 0.29) is 0 Å². The van der Waals surface area contributed by atoms with Gasteiger partial charge in [0.05, 0.1) is 12.6 Å². The van der Waals surface area contributed by atoms with Crippen LogP contribution in [-0.4, -0.2) is 30.1 Å². The molecule has 1 aromatic rings. The zero-order valence-electron chi connectivity index (χ0n) is 10.1. The van der Waals surface area contributed by atoms with Gasteiger partial charge in [0.15, 0.2) is 5.96 Å². The van der Waals surface area contributed by atoms with Crippen LogP contribution in [0.25, 0.3) is 0 Å². The van der Waals surface area contributed by atoms with Crippen LogP contribution in [-0.2, 0) is 0 Å². The molecule has 3 rings (SSSR count). The number of halogens is 1. The Labute approximate surface area is 116 Å². The minimum atomic E-state index is 0.401. The van der Waals surface area contributed by atoms with Gasteiger partial charge in [0.1, 0.15) is 0 Å². The molecule has 2 aliphatic heterocycles. The fourth-order valence-corrected chi connectivity index (χ4v) is 4.19. The fourth-order valence-electron chi connectivity index (χ4n) is 2.68. The monoisotopic (exact) mass is 281 g/mol. The SMILES string of the molecule is NC1=NCC(C2CCSC2)N1c1cccc(Cl)c1. The fraction of sp³-hybridized carbons (Fsp3) is 0.462. The Hall–Kier alpha value is -0.870. The van der Waals surface area contributed by atoms with Crippen LogP contribution in [0.4, 0.5) is 5.69 Å². The van der Waals surface area contributed by atoms with E-state index in [2.05, 4.69) is 16.0 Å². The van der Waals surface area contributed by atoms with E-state index in [9.17, 15) is 0 Å². The number of nitrogens with two attached hydrogens (primary N) is 1. The summed E-state index contributed by atoms with van der Waals surface area (Å²) < 4.78 is 0. The molecule has 3 nitrogen and oxygen atoms in total. The summed E-state index contributed by atoms with van der Waals surface area (Å²) in [6, 6.07) is 8.26. The quantitative estimate of drug-likeness (QED) is 0.906. The van der Waals surface area contributed by atoms with Crippen molar-refractivity contribution in [2.75, 3.05) is 23.0 Å². The van der Waals surface area contributed by atoms with Gasteiger partial charge in [0.25, 0.3) is 0 Å². The first kappa shape index (κ1) is 12.2. The summed E-state index contributed by atoms with van der Waals surface area (Å²) in [7, 11) is 0. The van der Waals surface area contributed by atoms with Crippen molar-refractivity contribution in [1.29, 1.82) is 0 Å². The predicted molar refractivity (Wildman–Crippen MR) is 79.6 cm³/mol. The molecule has 2 aliphatic rings. The van der Waals surface area contributed by atoms with Crippen LogP contribution in [0.5, 0.6) is 0 Å². The second-order valence-electron chi connectivity index (χ2n) is 4.74.